The van der Waals surface area contributed by atoms with E-state index in [1.54, 1.807) is 5.48 Å². The number of rotatable bonds is 10. The minimum Gasteiger partial charge on any atom is -0.445 e. The van der Waals surface area contributed by atoms with E-state index in [-0.39, 0.29) is 18.9 Å². The molecule has 8 nitrogen and oxygen atoms in total. The molecule has 0 saturated heterocycles. The number of alkyl carbamates (subject to hydrolysis) is 1. The average Bonchev–Trinajstić information content (AvgIpc) is 3.19. The van der Waals surface area contributed by atoms with Gasteiger partial charge in [-0.15, -0.1) is 11.3 Å². The molecule has 1 aromatic heterocycles. The van der Waals surface area contributed by atoms with Crippen LogP contribution in [0.5, 0.6) is 0 Å². The van der Waals surface area contributed by atoms with Gasteiger partial charge in [-0.1, -0.05) is 50.6 Å². The molecule has 0 aliphatic heterocycles. The number of amides is 3. The van der Waals surface area contributed by atoms with E-state index >= 15 is 0 Å². The van der Waals surface area contributed by atoms with Gasteiger partial charge >= 0.3 is 6.09 Å². The molecule has 0 fully saturated rings. The van der Waals surface area contributed by atoms with Crippen LogP contribution in [-0.4, -0.2) is 35.2 Å². The highest BCUT2D eigenvalue weighted by Crippen LogP contribution is 2.23. The van der Waals surface area contributed by atoms with E-state index in [4.69, 9.17) is 9.94 Å². The summed E-state index contributed by atoms with van der Waals surface area (Å²) in [5.74, 6) is -1.49. The van der Waals surface area contributed by atoms with Gasteiger partial charge in [0.1, 0.15) is 18.7 Å². The Morgan fingerprint density at radius 2 is 1.81 bits per heavy atom. The third-order valence-corrected chi connectivity index (χ3v) is 6.40. The number of hydrogen-bond donors (Lipinski definition) is 4. The average molecular weight is 512 g/mol. The Bertz CT molecular complexity index is 877. The minimum atomic E-state index is -1.00. The van der Waals surface area contributed by atoms with Crippen molar-refractivity contribution in [3.8, 4) is 0 Å². The molecule has 0 aliphatic rings. The molecule has 0 saturated carbocycles. The zero-order chi connectivity index (χ0) is 22.8. The second-order valence-electron chi connectivity index (χ2n) is 7.02. The number of carbonyl (C=O) groups is 3. The molecule has 2 aromatic rings. The van der Waals surface area contributed by atoms with E-state index in [1.807, 2.05) is 56.3 Å². The number of ether oxygens (including phenoxy) is 1. The quantitative estimate of drug-likeness (QED) is 0.288. The monoisotopic (exact) mass is 511 g/mol. The summed E-state index contributed by atoms with van der Waals surface area (Å²) in [6, 6.07) is 10.9. The molecule has 1 heterocycles. The lowest BCUT2D eigenvalue weighted by atomic mass is 9.98. The second kappa shape index (κ2) is 12.4. The molecule has 3 amide bonds. The topological polar surface area (TPSA) is 117 Å². The smallest absolute Gasteiger partial charge is 0.408 e. The van der Waals surface area contributed by atoms with Crippen molar-refractivity contribution in [1.82, 2.24) is 16.1 Å². The summed E-state index contributed by atoms with van der Waals surface area (Å²) in [5, 5.41) is 14.3. The molecule has 0 unspecified atom stereocenters. The molecule has 1 aromatic carbocycles. The first-order valence-electron chi connectivity index (χ1n) is 9.79. The minimum absolute atomic E-state index is 0.0737. The van der Waals surface area contributed by atoms with Crippen LogP contribution < -0.4 is 16.1 Å². The molecular formula is C21H26BrN3O5S. The zero-order valence-corrected chi connectivity index (χ0v) is 19.7. The predicted octanol–water partition coefficient (Wildman–Crippen LogP) is 3.38. The van der Waals surface area contributed by atoms with Crippen molar-refractivity contribution in [1.29, 1.82) is 0 Å². The van der Waals surface area contributed by atoms with Crippen molar-refractivity contribution in [2.45, 2.75) is 45.4 Å². The van der Waals surface area contributed by atoms with Gasteiger partial charge in [-0.25, -0.2) is 10.3 Å². The SMILES string of the molecule is CC[C@@H](C)[C@@H](NC(=O)OCc1ccccc1)C(=O)N[C@H](Cc1ccc(Br)s1)C(=O)NO. The predicted molar refractivity (Wildman–Crippen MR) is 121 cm³/mol. The summed E-state index contributed by atoms with van der Waals surface area (Å²) in [6.45, 7) is 3.78. The van der Waals surface area contributed by atoms with Crippen molar-refractivity contribution in [3.63, 3.8) is 0 Å². The Kier molecular flexibility index (Phi) is 9.96. The highest BCUT2D eigenvalue weighted by Gasteiger charge is 2.30. The molecule has 2 rings (SSSR count). The summed E-state index contributed by atoms with van der Waals surface area (Å²) in [4.78, 5) is 38.2. The third-order valence-electron chi connectivity index (χ3n) is 4.76. The Morgan fingerprint density at radius 3 is 2.39 bits per heavy atom. The maximum absolute atomic E-state index is 12.9. The van der Waals surface area contributed by atoms with Crippen LogP contribution in [0.15, 0.2) is 46.3 Å². The first-order chi connectivity index (χ1) is 14.8. The van der Waals surface area contributed by atoms with Gasteiger partial charge in [0.05, 0.1) is 3.79 Å². The summed E-state index contributed by atoms with van der Waals surface area (Å²) < 4.78 is 6.11. The maximum Gasteiger partial charge on any atom is 0.408 e. The normalized spacial score (nSPS) is 13.5. The second-order valence-corrected chi connectivity index (χ2v) is 9.56. The van der Waals surface area contributed by atoms with Crippen LogP contribution >= 0.6 is 27.3 Å². The molecular weight excluding hydrogens is 486 g/mol. The van der Waals surface area contributed by atoms with Crippen LogP contribution in [-0.2, 0) is 27.4 Å². The Labute approximate surface area is 193 Å². The number of hydroxylamine groups is 1. The standard InChI is InChI=1S/C21H26BrN3O5S/c1-3-13(2)18(24-21(28)30-12-14-7-5-4-6-8-14)20(27)23-16(19(26)25-29)11-15-9-10-17(22)31-15/h4-10,13,16,18,29H,3,11-12H2,1-2H3,(H,23,27)(H,24,28)(H,25,26)/t13-,16-,18-/m1/s1. The van der Waals surface area contributed by atoms with Crippen LogP contribution in [0.25, 0.3) is 0 Å². The van der Waals surface area contributed by atoms with E-state index in [1.165, 1.54) is 11.3 Å². The van der Waals surface area contributed by atoms with Crippen LogP contribution in [0.3, 0.4) is 0 Å². The fourth-order valence-electron chi connectivity index (χ4n) is 2.81. The third kappa shape index (κ3) is 7.97. The first-order valence-corrected chi connectivity index (χ1v) is 11.4. The molecule has 168 valence electrons. The summed E-state index contributed by atoms with van der Waals surface area (Å²) in [6.07, 6.45) is 0.0842. The molecule has 31 heavy (non-hydrogen) atoms. The van der Waals surface area contributed by atoms with Gasteiger partial charge < -0.3 is 15.4 Å². The van der Waals surface area contributed by atoms with Crippen LogP contribution in [0.1, 0.15) is 30.7 Å². The van der Waals surface area contributed by atoms with Gasteiger partial charge in [-0.05, 0) is 39.5 Å². The number of thiophene rings is 1. The highest BCUT2D eigenvalue weighted by molar-refractivity contribution is 9.11. The van der Waals surface area contributed by atoms with Gasteiger partial charge in [0, 0.05) is 11.3 Å². The fraction of sp³-hybridized carbons (Fsp3) is 0.381. The largest absolute Gasteiger partial charge is 0.445 e. The van der Waals surface area contributed by atoms with Gasteiger partial charge in [-0.2, -0.15) is 0 Å². The number of hydrogen-bond acceptors (Lipinski definition) is 6. The van der Waals surface area contributed by atoms with Crippen molar-refractivity contribution < 1.29 is 24.3 Å². The zero-order valence-electron chi connectivity index (χ0n) is 17.3. The molecule has 0 aliphatic carbocycles. The van der Waals surface area contributed by atoms with Gasteiger partial charge in [-0.3, -0.25) is 14.8 Å². The number of carbonyl (C=O) groups excluding carboxylic acids is 3. The summed E-state index contributed by atoms with van der Waals surface area (Å²) >= 11 is 4.78. The van der Waals surface area contributed by atoms with Gasteiger partial charge in [0.25, 0.3) is 5.91 Å². The Balaban J connectivity index is 2.03. The first kappa shape index (κ1) is 24.8. The fourth-order valence-corrected chi connectivity index (χ4v) is 4.33. The van der Waals surface area contributed by atoms with Crippen molar-refractivity contribution in [2.24, 2.45) is 5.92 Å². The van der Waals surface area contributed by atoms with Crippen molar-refractivity contribution in [3.05, 3.63) is 56.7 Å². The number of halogens is 1. The van der Waals surface area contributed by atoms with Crippen molar-refractivity contribution in [2.75, 3.05) is 0 Å². The van der Waals surface area contributed by atoms with E-state index in [0.29, 0.717) is 6.42 Å². The van der Waals surface area contributed by atoms with E-state index < -0.39 is 30.0 Å². The van der Waals surface area contributed by atoms with E-state index in [9.17, 15) is 14.4 Å². The van der Waals surface area contributed by atoms with Gasteiger partial charge in [0.2, 0.25) is 5.91 Å². The van der Waals surface area contributed by atoms with Crippen LogP contribution in [0.2, 0.25) is 0 Å². The molecule has 10 heteroatoms. The maximum atomic E-state index is 12.9. The van der Waals surface area contributed by atoms with Crippen LogP contribution in [0, 0.1) is 5.92 Å². The lowest BCUT2D eigenvalue weighted by Gasteiger charge is -2.25. The summed E-state index contributed by atoms with van der Waals surface area (Å²) in [5.41, 5.74) is 2.41. The Hall–Kier alpha value is -2.43. The van der Waals surface area contributed by atoms with Gasteiger partial charge in [0.15, 0.2) is 0 Å². The molecule has 3 atom stereocenters. The molecule has 4 N–H and O–H groups in total. The Morgan fingerprint density at radius 1 is 1.10 bits per heavy atom. The number of benzene rings is 1. The lowest BCUT2D eigenvalue weighted by Crippen LogP contribution is -2.56. The van der Waals surface area contributed by atoms with E-state index in [2.05, 4.69) is 26.6 Å². The highest BCUT2D eigenvalue weighted by atomic mass is 79.9. The molecule has 0 spiro atoms. The van der Waals surface area contributed by atoms with E-state index in [0.717, 1.165) is 14.2 Å². The van der Waals surface area contributed by atoms with Crippen LogP contribution in [0.4, 0.5) is 4.79 Å². The molecule has 0 radical (unpaired) electrons. The number of nitrogens with one attached hydrogen (secondary N) is 3. The van der Waals surface area contributed by atoms with Crippen molar-refractivity contribution >= 4 is 45.2 Å². The lowest BCUT2D eigenvalue weighted by molar-refractivity contribution is -0.135. The molecule has 0 bridgehead atoms. The summed E-state index contributed by atoms with van der Waals surface area (Å²) in [7, 11) is 0.